The summed E-state index contributed by atoms with van der Waals surface area (Å²) in [4.78, 5) is 24.8. The Morgan fingerprint density at radius 2 is 2.29 bits per heavy atom. The summed E-state index contributed by atoms with van der Waals surface area (Å²) in [6.07, 6.45) is 1.48. The zero-order valence-electron chi connectivity index (χ0n) is 12.0. The van der Waals surface area contributed by atoms with Gasteiger partial charge in [-0.2, -0.15) is 0 Å². The second kappa shape index (κ2) is 6.43. The van der Waals surface area contributed by atoms with Crippen molar-refractivity contribution in [3.8, 4) is 0 Å². The summed E-state index contributed by atoms with van der Waals surface area (Å²) in [7, 11) is 0. The minimum Gasteiger partial charge on any atom is -0.480 e. The zero-order chi connectivity index (χ0) is 15.4. The predicted octanol–water partition coefficient (Wildman–Crippen LogP) is 2.56. The van der Waals surface area contributed by atoms with Gasteiger partial charge >= 0.3 is 12.1 Å². The van der Waals surface area contributed by atoms with Crippen LogP contribution in [0.4, 0.5) is 4.79 Å². The molecule has 5 heteroatoms. The van der Waals surface area contributed by atoms with Gasteiger partial charge in [0, 0.05) is 12.5 Å². The molecule has 1 saturated heterocycles. The number of ether oxygens (including phenoxy) is 1. The molecule has 1 aromatic rings. The Hall–Kier alpha value is -2.30. The molecule has 1 fully saturated rings. The number of carbonyl (C=O) groups excluding carboxylic acids is 1. The van der Waals surface area contributed by atoms with Gasteiger partial charge < -0.3 is 9.84 Å². The number of carboxylic acid groups (broad SMARTS) is 1. The van der Waals surface area contributed by atoms with Crippen molar-refractivity contribution in [1.29, 1.82) is 0 Å². The van der Waals surface area contributed by atoms with Gasteiger partial charge in [0.2, 0.25) is 0 Å². The first kappa shape index (κ1) is 15.1. The van der Waals surface area contributed by atoms with Gasteiger partial charge in [0.05, 0.1) is 0 Å². The third kappa shape index (κ3) is 3.24. The number of carbonyl (C=O) groups is 2. The molecular formula is C16H19NO4. The number of likely N-dealkylation sites (tertiary alicyclic amines) is 1. The second-order valence-electron chi connectivity index (χ2n) is 5.15. The van der Waals surface area contributed by atoms with Crippen molar-refractivity contribution in [2.45, 2.75) is 25.3 Å². The van der Waals surface area contributed by atoms with Crippen LogP contribution in [-0.4, -0.2) is 41.3 Å². The van der Waals surface area contributed by atoms with E-state index in [9.17, 15) is 14.7 Å². The van der Waals surface area contributed by atoms with Gasteiger partial charge in [-0.3, -0.25) is 4.90 Å². The van der Waals surface area contributed by atoms with E-state index in [4.69, 9.17) is 4.74 Å². The molecule has 0 aromatic heterocycles. The quantitative estimate of drug-likeness (QED) is 0.865. The first-order valence-electron chi connectivity index (χ1n) is 6.88. The van der Waals surface area contributed by atoms with Crippen molar-refractivity contribution < 1.29 is 19.4 Å². The highest BCUT2D eigenvalue weighted by Gasteiger charge is 2.43. The van der Waals surface area contributed by atoms with E-state index in [1.54, 1.807) is 0 Å². The predicted molar refractivity (Wildman–Crippen MR) is 78.2 cm³/mol. The molecular weight excluding hydrogens is 270 g/mol. The molecule has 5 nitrogen and oxygen atoms in total. The molecule has 1 N–H and O–H groups in total. The van der Waals surface area contributed by atoms with Gasteiger partial charge in [0.1, 0.15) is 12.6 Å². The van der Waals surface area contributed by atoms with E-state index in [0.29, 0.717) is 13.0 Å². The lowest BCUT2D eigenvalue weighted by molar-refractivity contribution is -0.142. The van der Waals surface area contributed by atoms with E-state index in [-0.39, 0.29) is 12.5 Å². The highest BCUT2D eigenvalue weighted by molar-refractivity contribution is 5.82. The summed E-state index contributed by atoms with van der Waals surface area (Å²) in [6, 6.07) is 6.86. The lowest BCUT2D eigenvalue weighted by atomic mass is 9.91. The van der Waals surface area contributed by atoms with E-state index in [0.717, 1.165) is 11.1 Å². The maximum absolute atomic E-state index is 12.0. The van der Waals surface area contributed by atoms with Crippen LogP contribution in [0, 0.1) is 6.92 Å². The SMILES string of the molecule is C=CCOC(=O)N1CCC(c2cccc(C)c2)C1C(=O)O. The summed E-state index contributed by atoms with van der Waals surface area (Å²) in [5.41, 5.74) is 2.02. The maximum atomic E-state index is 12.0. The van der Waals surface area contributed by atoms with Crippen LogP contribution in [0.2, 0.25) is 0 Å². The Labute approximate surface area is 123 Å². The second-order valence-corrected chi connectivity index (χ2v) is 5.15. The summed E-state index contributed by atoms with van der Waals surface area (Å²) >= 11 is 0. The minimum absolute atomic E-state index is 0.0801. The van der Waals surface area contributed by atoms with Crippen LogP contribution in [0.5, 0.6) is 0 Å². The standard InChI is InChI=1S/C16H19NO4/c1-3-9-21-16(20)17-8-7-13(14(17)15(18)19)12-6-4-5-11(2)10-12/h3-6,10,13-14H,1,7-9H2,2H3,(H,18,19). The Bertz CT molecular complexity index is 555. The monoisotopic (exact) mass is 289 g/mol. The molecule has 2 rings (SSSR count). The summed E-state index contributed by atoms with van der Waals surface area (Å²) in [5, 5.41) is 9.49. The number of amides is 1. The van der Waals surface area contributed by atoms with Crippen LogP contribution in [0.3, 0.4) is 0 Å². The third-order valence-electron chi connectivity index (χ3n) is 3.68. The highest BCUT2D eigenvalue weighted by atomic mass is 16.6. The normalized spacial score (nSPS) is 21.1. The van der Waals surface area contributed by atoms with Crippen LogP contribution in [-0.2, 0) is 9.53 Å². The number of aryl methyl sites for hydroxylation is 1. The molecule has 1 aromatic carbocycles. The first-order chi connectivity index (χ1) is 10.0. The van der Waals surface area contributed by atoms with Crippen molar-refractivity contribution >= 4 is 12.1 Å². The van der Waals surface area contributed by atoms with Gasteiger partial charge in [0.25, 0.3) is 0 Å². The van der Waals surface area contributed by atoms with Crippen LogP contribution < -0.4 is 0 Å². The zero-order valence-corrected chi connectivity index (χ0v) is 12.0. The molecule has 0 radical (unpaired) electrons. The fraction of sp³-hybridized carbons (Fsp3) is 0.375. The molecule has 1 aliphatic rings. The average molecular weight is 289 g/mol. The van der Waals surface area contributed by atoms with Gasteiger partial charge in [-0.25, -0.2) is 9.59 Å². The summed E-state index contributed by atoms with van der Waals surface area (Å²) in [6.45, 7) is 5.90. The van der Waals surface area contributed by atoms with E-state index >= 15 is 0 Å². The largest absolute Gasteiger partial charge is 0.480 e. The first-order valence-corrected chi connectivity index (χ1v) is 6.88. The molecule has 112 valence electrons. The van der Waals surface area contributed by atoms with Crippen molar-refractivity contribution in [2.24, 2.45) is 0 Å². The number of aliphatic carboxylic acids is 1. The van der Waals surface area contributed by atoms with Gasteiger partial charge in [-0.05, 0) is 18.9 Å². The van der Waals surface area contributed by atoms with Crippen molar-refractivity contribution in [3.63, 3.8) is 0 Å². The number of hydrogen-bond donors (Lipinski definition) is 1. The van der Waals surface area contributed by atoms with E-state index < -0.39 is 18.1 Å². The maximum Gasteiger partial charge on any atom is 0.410 e. The number of hydrogen-bond acceptors (Lipinski definition) is 3. The lowest BCUT2D eigenvalue weighted by Gasteiger charge is -2.24. The van der Waals surface area contributed by atoms with Crippen LogP contribution >= 0.6 is 0 Å². The van der Waals surface area contributed by atoms with E-state index in [1.807, 2.05) is 31.2 Å². The van der Waals surface area contributed by atoms with Crippen molar-refractivity contribution in [2.75, 3.05) is 13.2 Å². The summed E-state index contributed by atoms with van der Waals surface area (Å²) in [5.74, 6) is -1.21. The molecule has 21 heavy (non-hydrogen) atoms. The van der Waals surface area contributed by atoms with Crippen LogP contribution in [0.15, 0.2) is 36.9 Å². The Balaban J connectivity index is 2.22. The molecule has 0 aliphatic carbocycles. The number of carboxylic acids is 1. The molecule has 0 spiro atoms. The van der Waals surface area contributed by atoms with E-state index in [2.05, 4.69) is 6.58 Å². The average Bonchev–Trinajstić information content (AvgIpc) is 2.89. The number of benzene rings is 1. The molecule has 0 bridgehead atoms. The third-order valence-corrected chi connectivity index (χ3v) is 3.68. The number of nitrogens with zero attached hydrogens (tertiary/aromatic N) is 1. The molecule has 0 saturated carbocycles. The molecule has 1 amide bonds. The van der Waals surface area contributed by atoms with Crippen LogP contribution in [0.25, 0.3) is 0 Å². The van der Waals surface area contributed by atoms with Gasteiger partial charge in [-0.15, -0.1) is 0 Å². The van der Waals surface area contributed by atoms with Gasteiger partial charge in [0.15, 0.2) is 0 Å². The molecule has 2 atom stereocenters. The van der Waals surface area contributed by atoms with Crippen molar-refractivity contribution in [1.82, 2.24) is 4.90 Å². The highest BCUT2D eigenvalue weighted by Crippen LogP contribution is 2.34. The lowest BCUT2D eigenvalue weighted by Crippen LogP contribution is -2.43. The Morgan fingerprint density at radius 1 is 1.52 bits per heavy atom. The van der Waals surface area contributed by atoms with Gasteiger partial charge in [-0.1, -0.05) is 42.5 Å². The fourth-order valence-electron chi connectivity index (χ4n) is 2.77. The fourth-order valence-corrected chi connectivity index (χ4v) is 2.77. The smallest absolute Gasteiger partial charge is 0.410 e. The molecule has 1 heterocycles. The summed E-state index contributed by atoms with van der Waals surface area (Å²) < 4.78 is 4.97. The Morgan fingerprint density at radius 3 is 2.90 bits per heavy atom. The van der Waals surface area contributed by atoms with Crippen LogP contribution in [0.1, 0.15) is 23.5 Å². The number of rotatable bonds is 4. The molecule has 1 aliphatic heterocycles. The Kier molecular flexibility index (Phi) is 4.62. The van der Waals surface area contributed by atoms with Crippen molar-refractivity contribution in [3.05, 3.63) is 48.0 Å². The minimum atomic E-state index is -1.01. The van der Waals surface area contributed by atoms with E-state index in [1.165, 1.54) is 11.0 Å². The molecule has 2 unspecified atom stereocenters. The topological polar surface area (TPSA) is 66.8 Å².